The van der Waals surface area contributed by atoms with E-state index in [1.54, 1.807) is 12.1 Å². The largest absolute Gasteiger partial charge is 0.508 e. The summed E-state index contributed by atoms with van der Waals surface area (Å²) in [5.41, 5.74) is 1.43. The SMILES string of the molecule is Cc1cccc(O)c1C(O)(c1ccccc1)c1ccccc1. The first kappa shape index (κ1) is 14.4. The number of rotatable bonds is 3. The zero-order valence-electron chi connectivity index (χ0n) is 12.4. The molecule has 0 aliphatic heterocycles. The van der Waals surface area contributed by atoms with Gasteiger partial charge in [0.25, 0.3) is 0 Å². The van der Waals surface area contributed by atoms with Crippen LogP contribution in [0.15, 0.2) is 78.9 Å². The van der Waals surface area contributed by atoms with Gasteiger partial charge in [-0.25, -0.2) is 0 Å². The molecule has 2 N–H and O–H groups in total. The van der Waals surface area contributed by atoms with Gasteiger partial charge < -0.3 is 10.2 Å². The zero-order valence-corrected chi connectivity index (χ0v) is 12.4. The van der Waals surface area contributed by atoms with Crippen molar-refractivity contribution in [3.05, 3.63) is 101 Å². The Hall–Kier alpha value is -2.58. The third-order valence-electron chi connectivity index (χ3n) is 4.00. The molecule has 3 aromatic carbocycles. The van der Waals surface area contributed by atoms with Gasteiger partial charge in [0.05, 0.1) is 0 Å². The van der Waals surface area contributed by atoms with E-state index in [2.05, 4.69) is 0 Å². The third-order valence-corrected chi connectivity index (χ3v) is 4.00. The van der Waals surface area contributed by atoms with E-state index >= 15 is 0 Å². The van der Waals surface area contributed by atoms with E-state index in [1.807, 2.05) is 73.7 Å². The molecule has 3 aromatic rings. The first-order valence-electron chi connectivity index (χ1n) is 7.26. The van der Waals surface area contributed by atoms with Gasteiger partial charge in [-0.3, -0.25) is 0 Å². The summed E-state index contributed by atoms with van der Waals surface area (Å²) < 4.78 is 0. The average Bonchev–Trinajstić information content (AvgIpc) is 2.56. The van der Waals surface area contributed by atoms with E-state index in [1.165, 1.54) is 0 Å². The smallest absolute Gasteiger partial charge is 0.144 e. The van der Waals surface area contributed by atoms with Crippen LogP contribution in [0.1, 0.15) is 22.3 Å². The van der Waals surface area contributed by atoms with Crippen LogP contribution >= 0.6 is 0 Å². The average molecular weight is 290 g/mol. The molecule has 0 spiro atoms. The molecule has 22 heavy (non-hydrogen) atoms. The summed E-state index contributed by atoms with van der Waals surface area (Å²) in [6.45, 7) is 1.89. The lowest BCUT2D eigenvalue weighted by Gasteiger charge is -2.32. The summed E-state index contributed by atoms with van der Waals surface area (Å²) in [6.07, 6.45) is 0. The number of phenolic OH excluding ortho intramolecular Hbond substituents is 1. The van der Waals surface area contributed by atoms with Crippen LogP contribution < -0.4 is 0 Å². The molecule has 110 valence electrons. The number of hydrogen-bond donors (Lipinski definition) is 2. The predicted octanol–water partition coefficient (Wildman–Crippen LogP) is 3.98. The van der Waals surface area contributed by atoms with Gasteiger partial charge >= 0.3 is 0 Å². The Morgan fingerprint density at radius 1 is 0.682 bits per heavy atom. The second-order valence-corrected chi connectivity index (χ2v) is 5.41. The number of hydrogen-bond acceptors (Lipinski definition) is 2. The lowest BCUT2D eigenvalue weighted by molar-refractivity contribution is 0.121. The van der Waals surface area contributed by atoms with Gasteiger partial charge in [-0.1, -0.05) is 72.8 Å². The van der Waals surface area contributed by atoms with E-state index in [0.717, 1.165) is 16.7 Å². The van der Waals surface area contributed by atoms with Crippen molar-refractivity contribution in [1.29, 1.82) is 0 Å². The van der Waals surface area contributed by atoms with E-state index in [-0.39, 0.29) is 5.75 Å². The lowest BCUT2D eigenvalue weighted by Crippen LogP contribution is -2.29. The summed E-state index contributed by atoms with van der Waals surface area (Å²) >= 11 is 0. The highest BCUT2D eigenvalue weighted by molar-refractivity contribution is 5.54. The molecule has 0 aliphatic rings. The van der Waals surface area contributed by atoms with Crippen molar-refractivity contribution >= 4 is 0 Å². The summed E-state index contributed by atoms with van der Waals surface area (Å²) in [5.74, 6) is 0.0928. The highest BCUT2D eigenvalue weighted by atomic mass is 16.3. The normalized spacial score (nSPS) is 11.4. The number of aliphatic hydroxyl groups is 1. The second kappa shape index (κ2) is 5.66. The molecule has 0 saturated carbocycles. The second-order valence-electron chi connectivity index (χ2n) is 5.41. The van der Waals surface area contributed by atoms with Crippen LogP contribution in [-0.2, 0) is 5.60 Å². The van der Waals surface area contributed by atoms with Gasteiger partial charge in [-0.05, 0) is 29.7 Å². The standard InChI is InChI=1S/C20H18O2/c1-15-9-8-14-18(21)19(15)20(22,16-10-4-2-5-11-16)17-12-6-3-7-13-17/h2-14,21-22H,1H3. The molecule has 0 unspecified atom stereocenters. The Kier molecular flexibility index (Phi) is 3.70. The van der Waals surface area contributed by atoms with Crippen LogP contribution in [0.5, 0.6) is 5.75 Å². The van der Waals surface area contributed by atoms with Crippen LogP contribution in [0, 0.1) is 6.92 Å². The van der Waals surface area contributed by atoms with E-state index in [0.29, 0.717) is 5.56 Å². The van der Waals surface area contributed by atoms with E-state index in [9.17, 15) is 10.2 Å². The fraction of sp³-hybridized carbons (Fsp3) is 0.100. The molecular weight excluding hydrogens is 272 g/mol. The summed E-state index contributed by atoms with van der Waals surface area (Å²) in [4.78, 5) is 0. The van der Waals surface area contributed by atoms with Crippen LogP contribution in [0.25, 0.3) is 0 Å². The van der Waals surface area contributed by atoms with Crippen LogP contribution in [0.2, 0.25) is 0 Å². The predicted molar refractivity (Wildman–Crippen MR) is 87.8 cm³/mol. The molecule has 3 rings (SSSR count). The maximum atomic E-state index is 11.6. The topological polar surface area (TPSA) is 40.5 Å². The first-order valence-corrected chi connectivity index (χ1v) is 7.26. The molecule has 2 heteroatoms. The molecule has 0 aromatic heterocycles. The molecule has 0 aliphatic carbocycles. The monoisotopic (exact) mass is 290 g/mol. The third kappa shape index (κ3) is 2.28. The maximum Gasteiger partial charge on any atom is 0.144 e. The van der Waals surface area contributed by atoms with Crippen molar-refractivity contribution in [2.45, 2.75) is 12.5 Å². The minimum absolute atomic E-state index is 0.0928. The Morgan fingerprint density at radius 2 is 1.18 bits per heavy atom. The summed E-state index contributed by atoms with van der Waals surface area (Å²) in [5, 5.41) is 22.0. The maximum absolute atomic E-state index is 11.6. The number of benzene rings is 3. The van der Waals surface area contributed by atoms with Gasteiger partial charge in [-0.2, -0.15) is 0 Å². The van der Waals surface area contributed by atoms with Gasteiger partial charge in [0.15, 0.2) is 0 Å². The van der Waals surface area contributed by atoms with Gasteiger partial charge in [0, 0.05) is 5.56 Å². The minimum Gasteiger partial charge on any atom is -0.508 e. The molecule has 2 nitrogen and oxygen atoms in total. The lowest BCUT2D eigenvalue weighted by atomic mass is 9.78. The zero-order chi connectivity index (χ0) is 15.6. The van der Waals surface area contributed by atoms with Gasteiger partial charge in [0.2, 0.25) is 0 Å². The number of phenols is 1. The van der Waals surface area contributed by atoms with Crippen molar-refractivity contribution in [3.8, 4) is 5.75 Å². The molecular formula is C20H18O2. The van der Waals surface area contributed by atoms with Crippen molar-refractivity contribution in [2.75, 3.05) is 0 Å². The fourth-order valence-corrected chi connectivity index (χ4v) is 2.94. The van der Waals surface area contributed by atoms with Crippen LogP contribution in [-0.4, -0.2) is 10.2 Å². The summed E-state index contributed by atoms with van der Waals surface area (Å²) in [6, 6.07) is 24.2. The molecule has 0 amide bonds. The van der Waals surface area contributed by atoms with Crippen molar-refractivity contribution in [2.24, 2.45) is 0 Å². The van der Waals surface area contributed by atoms with E-state index in [4.69, 9.17) is 0 Å². The van der Waals surface area contributed by atoms with Gasteiger partial charge in [0.1, 0.15) is 11.4 Å². The Morgan fingerprint density at radius 3 is 1.64 bits per heavy atom. The molecule has 0 atom stereocenters. The van der Waals surface area contributed by atoms with Crippen LogP contribution in [0.4, 0.5) is 0 Å². The van der Waals surface area contributed by atoms with Crippen molar-refractivity contribution < 1.29 is 10.2 Å². The Bertz CT molecular complexity index is 704. The molecule has 0 heterocycles. The Balaban J connectivity index is 2.34. The molecule has 0 saturated heterocycles. The quantitative estimate of drug-likeness (QED) is 0.716. The van der Waals surface area contributed by atoms with Crippen molar-refractivity contribution in [3.63, 3.8) is 0 Å². The van der Waals surface area contributed by atoms with Gasteiger partial charge in [-0.15, -0.1) is 0 Å². The highest BCUT2D eigenvalue weighted by Gasteiger charge is 2.37. The van der Waals surface area contributed by atoms with Crippen molar-refractivity contribution in [1.82, 2.24) is 0 Å². The number of aromatic hydroxyl groups is 1. The fourth-order valence-electron chi connectivity index (χ4n) is 2.94. The molecule has 0 radical (unpaired) electrons. The summed E-state index contributed by atoms with van der Waals surface area (Å²) in [7, 11) is 0. The highest BCUT2D eigenvalue weighted by Crippen LogP contribution is 2.42. The van der Waals surface area contributed by atoms with Crippen LogP contribution in [0.3, 0.4) is 0 Å². The molecule has 0 bridgehead atoms. The molecule has 0 fully saturated rings. The number of aryl methyl sites for hydroxylation is 1. The Labute approximate surface area is 130 Å². The minimum atomic E-state index is -1.39. The van der Waals surface area contributed by atoms with E-state index < -0.39 is 5.60 Å². The first-order chi connectivity index (χ1) is 10.6.